The zero-order chi connectivity index (χ0) is 21.0. The Labute approximate surface area is 187 Å². The summed E-state index contributed by atoms with van der Waals surface area (Å²) in [7, 11) is 0. The maximum Gasteiger partial charge on any atom is 0.334 e. The molecule has 4 rings (SSSR count). The Balaban J connectivity index is 1.62. The second-order valence-corrected chi connectivity index (χ2v) is 11.0. The van der Waals surface area contributed by atoms with E-state index in [1.54, 1.807) is 12.1 Å². The van der Waals surface area contributed by atoms with Crippen LogP contribution in [0.15, 0.2) is 24.3 Å². The molecule has 1 heterocycles. The predicted molar refractivity (Wildman–Crippen MR) is 116 cm³/mol. The third-order valence-corrected chi connectivity index (χ3v) is 9.81. The summed E-state index contributed by atoms with van der Waals surface area (Å²) in [6, 6.07) is 6.37. The summed E-state index contributed by atoms with van der Waals surface area (Å²) < 4.78 is 5.65. The summed E-state index contributed by atoms with van der Waals surface area (Å²) >= 11 is 7.41. The SMILES string of the molecule is Cc1ccccc1OC(=O)[C@H](CC(C)C)N1C(=O)[C@@H]2[C@H]3C[C@@H]([C@H](Br)[C@H]3Br)[C@H]2C1=O. The molecule has 156 valence electrons. The lowest BCUT2D eigenvalue weighted by atomic mass is 9.81. The van der Waals surface area contributed by atoms with Gasteiger partial charge in [-0.3, -0.25) is 14.5 Å². The fourth-order valence-electron chi connectivity index (χ4n) is 5.28. The Morgan fingerprint density at radius 2 is 1.66 bits per heavy atom. The van der Waals surface area contributed by atoms with Crippen LogP contribution < -0.4 is 4.74 Å². The highest BCUT2D eigenvalue weighted by Crippen LogP contribution is 2.60. The molecular formula is C22H25Br2NO4. The maximum atomic E-state index is 13.3. The van der Waals surface area contributed by atoms with E-state index in [4.69, 9.17) is 4.74 Å². The fraction of sp³-hybridized carbons (Fsp3) is 0.591. The number of para-hydroxylation sites is 1. The molecule has 0 unspecified atom stereocenters. The number of nitrogens with zero attached hydrogens (tertiary/aromatic N) is 1. The van der Waals surface area contributed by atoms with Gasteiger partial charge >= 0.3 is 5.97 Å². The first-order valence-corrected chi connectivity index (χ1v) is 12.0. The summed E-state index contributed by atoms with van der Waals surface area (Å²) in [6.07, 6.45) is 1.27. The molecular weight excluding hydrogens is 502 g/mol. The molecule has 2 amide bonds. The lowest BCUT2D eigenvalue weighted by Gasteiger charge is -2.28. The molecule has 1 aromatic carbocycles. The number of fused-ring (bicyclic) bond motifs is 5. The Morgan fingerprint density at radius 3 is 2.17 bits per heavy atom. The van der Waals surface area contributed by atoms with Crippen LogP contribution in [0.1, 0.15) is 32.3 Å². The first kappa shape index (κ1) is 21.0. The molecule has 0 spiro atoms. The van der Waals surface area contributed by atoms with Gasteiger partial charge in [-0.15, -0.1) is 0 Å². The average Bonchev–Trinajstić information content (AvgIpc) is 3.27. The van der Waals surface area contributed by atoms with Crippen LogP contribution in [0, 0.1) is 36.5 Å². The second-order valence-electron chi connectivity index (χ2n) is 8.88. The first-order chi connectivity index (χ1) is 13.7. The van der Waals surface area contributed by atoms with Gasteiger partial charge in [-0.05, 0) is 49.1 Å². The van der Waals surface area contributed by atoms with E-state index in [1.807, 2.05) is 32.9 Å². The zero-order valence-corrected chi connectivity index (χ0v) is 19.9. The summed E-state index contributed by atoms with van der Waals surface area (Å²) in [6.45, 7) is 5.82. The Hall–Kier alpha value is -1.21. The van der Waals surface area contributed by atoms with Gasteiger partial charge in [-0.2, -0.15) is 0 Å². The van der Waals surface area contributed by atoms with Crippen molar-refractivity contribution in [1.82, 2.24) is 4.90 Å². The number of aryl methyl sites for hydroxylation is 1. The van der Waals surface area contributed by atoms with Gasteiger partial charge in [0.2, 0.25) is 11.8 Å². The van der Waals surface area contributed by atoms with Crippen LogP contribution in [0.5, 0.6) is 5.75 Å². The van der Waals surface area contributed by atoms with Crippen molar-refractivity contribution in [2.75, 3.05) is 0 Å². The lowest BCUT2D eigenvalue weighted by molar-refractivity contribution is -0.154. The number of amides is 2. The minimum atomic E-state index is -0.887. The van der Waals surface area contributed by atoms with Crippen LogP contribution in [-0.4, -0.2) is 38.4 Å². The summed E-state index contributed by atoms with van der Waals surface area (Å²) in [4.78, 5) is 41.4. The number of imide groups is 1. The monoisotopic (exact) mass is 525 g/mol. The minimum absolute atomic E-state index is 0.128. The van der Waals surface area contributed by atoms with Crippen molar-refractivity contribution in [2.24, 2.45) is 29.6 Å². The number of hydrogen-bond acceptors (Lipinski definition) is 4. The molecule has 29 heavy (non-hydrogen) atoms. The van der Waals surface area contributed by atoms with E-state index in [1.165, 1.54) is 4.90 Å². The van der Waals surface area contributed by atoms with Gasteiger partial charge in [0.15, 0.2) is 0 Å². The van der Waals surface area contributed by atoms with E-state index >= 15 is 0 Å². The summed E-state index contributed by atoms with van der Waals surface area (Å²) in [5, 5.41) is 0. The van der Waals surface area contributed by atoms with E-state index < -0.39 is 12.0 Å². The summed E-state index contributed by atoms with van der Waals surface area (Å²) in [5.74, 6) is -0.744. The highest BCUT2D eigenvalue weighted by molar-refractivity contribution is 9.12. The van der Waals surface area contributed by atoms with Gasteiger partial charge in [-0.1, -0.05) is 63.9 Å². The second kappa shape index (κ2) is 7.80. The molecule has 2 aliphatic carbocycles. The molecule has 2 saturated carbocycles. The van der Waals surface area contributed by atoms with E-state index in [-0.39, 0.29) is 51.1 Å². The number of carbonyl (C=O) groups excluding carboxylic acids is 3. The van der Waals surface area contributed by atoms with E-state index in [0.717, 1.165) is 12.0 Å². The molecule has 1 aliphatic heterocycles. The van der Waals surface area contributed by atoms with Crippen molar-refractivity contribution in [2.45, 2.75) is 49.3 Å². The van der Waals surface area contributed by atoms with Gasteiger partial charge < -0.3 is 4.74 Å². The Kier molecular flexibility index (Phi) is 5.66. The van der Waals surface area contributed by atoms with Crippen molar-refractivity contribution in [3.63, 3.8) is 0 Å². The third-order valence-electron chi connectivity index (χ3n) is 6.60. The van der Waals surface area contributed by atoms with Crippen LogP contribution in [0.25, 0.3) is 0 Å². The van der Waals surface area contributed by atoms with Crippen LogP contribution >= 0.6 is 31.9 Å². The molecule has 0 radical (unpaired) electrons. The molecule has 2 bridgehead atoms. The number of esters is 1. The number of carbonyl (C=O) groups is 3. The van der Waals surface area contributed by atoms with Gasteiger partial charge in [0.05, 0.1) is 11.8 Å². The van der Waals surface area contributed by atoms with E-state index in [2.05, 4.69) is 31.9 Å². The van der Waals surface area contributed by atoms with Crippen LogP contribution in [-0.2, 0) is 14.4 Å². The number of halogens is 2. The fourth-order valence-corrected chi connectivity index (χ4v) is 7.15. The van der Waals surface area contributed by atoms with Gasteiger partial charge in [-0.25, -0.2) is 4.79 Å². The molecule has 5 nitrogen and oxygen atoms in total. The molecule has 7 heteroatoms. The third kappa shape index (κ3) is 3.38. The number of rotatable bonds is 5. The van der Waals surface area contributed by atoms with Crippen molar-refractivity contribution in [3.05, 3.63) is 29.8 Å². The average molecular weight is 527 g/mol. The zero-order valence-electron chi connectivity index (χ0n) is 16.7. The number of ether oxygens (including phenoxy) is 1. The lowest BCUT2D eigenvalue weighted by Crippen LogP contribution is -2.48. The molecule has 0 aromatic heterocycles. The standard InChI is InChI=1S/C22H25Br2NO4/c1-10(2)8-14(22(28)29-15-7-5-4-6-11(15)3)25-20(26)16-12-9-13(17(16)21(25)27)19(24)18(12)23/h4-7,10,12-14,16-19H,8-9H2,1-3H3/t12-,13-,14+,16-,17-,18+,19+/m1/s1. The van der Waals surface area contributed by atoms with Gasteiger partial charge in [0.25, 0.3) is 0 Å². The molecule has 1 aromatic rings. The highest BCUT2D eigenvalue weighted by Gasteiger charge is 2.67. The maximum absolute atomic E-state index is 13.3. The minimum Gasteiger partial charge on any atom is -0.425 e. The van der Waals surface area contributed by atoms with E-state index in [0.29, 0.717) is 12.2 Å². The van der Waals surface area contributed by atoms with Crippen LogP contribution in [0.4, 0.5) is 0 Å². The molecule has 3 fully saturated rings. The van der Waals surface area contributed by atoms with Gasteiger partial charge in [0, 0.05) is 9.65 Å². The largest absolute Gasteiger partial charge is 0.425 e. The molecule has 1 saturated heterocycles. The number of benzene rings is 1. The van der Waals surface area contributed by atoms with Crippen molar-refractivity contribution in [1.29, 1.82) is 0 Å². The summed E-state index contributed by atoms with van der Waals surface area (Å²) in [5.41, 5.74) is 0.836. The quantitative estimate of drug-likeness (QED) is 0.251. The van der Waals surface area contributed by atoms with E-state index in [9.17, 15) is 14.4 Å². The predicted octanol–water partition coefficient (Wildman–Crippen LogP) is 4.09. The molecule has 3 aliphatic rings. The van der Waals surface area contributed by atoms with Gasteiger partial charge in [0.1, 0.15) is 11.8 Å². The smallest absolute Gasteiger partial charge is 0.334 e. The Bertz CT molecular complexity index is 825. The number of alkyl halides is 2. The molecule has 0 N–H and O–H groups in total. The number of hydrogen-bond donors (Lipinski definition) is 0. The van der Waals surface area contributed by atoms with Crippen molar-refractivity contribution in [3.8, 4) is 5.75 Å². The topological polar surface area (TPSA) is 63.7 Å². The normalized spacial score (nSPS) is 34.1. The van der Waals surface area contributed by atoms with Crippen molar-refractivity contribution < 1.29 is 19.1 Å². The van der Waals surface area contributed by atoms with Crippen LogP contribution in [0.2, 0.25) is 0 Å². The highest BCUT2D eigenvalue weighted by atomic mass is 79.9. The van der Waals surface area contributed by atoms with Crippen LogP contribution in [0.3, 0.4) is 0 Å². The van der Waals surface area contributed by atoms with Crippen molar-refractivity contribution >= 4 is 49.6 Å². The Morgan fingerprint density at radius 1 is 1.10 bits per heavy atom. The first-order valence-electron chi connectivity index (χ1n) is 10.1. The molecule has 7 atom stereocenters. The number of likely N-dealkylation sites (tertiary alicyclic amines) is 1.